The first-order chi connectivity index (χ1) is 15.3. The molecule has 5 N–H and O–H groups in total. The number of hydrogen-bond donors (Lipinski definition) is 4. The molecule has 178 valence electrons. The fraction of sp³-hybridized carbons (Fsp3) is 0.409. The number of nitrogens with one attached hydrogen (secondary N) is 3. The predicted molar refractivity (Wildman–Crippen MR) is 128 cm³/mol. The summed E-state index contributed by atoms with van der Waals surface area (Å²) in [6.07, 6.45) is 1.65. The smallest absolute Gasteiger partial charge is 0.344 e. The summed E-state index contributed by atoms with van der Waals surface area (Å²) in [6.45, 7) is 10.3. The number of amidine groups is 1. The van der Waals surface area contributed by atoms with Crippen molar-refractivity contribution in [1.29, 1.82) is 0 Å². The number of rotatable bonds is 7. The fourth-order valence-electron chi connectivity index (χ4n) is 2.94. The Labute approximate surface area is 194 Å². The topological polar surface area (TPSA) is 148 Å². The van der Waals surface area contributed by atoms with Crippen molar-refractivity contribution in [2.45, 2.75) is 46.7 Å². The van der Waals surface area contributed by atoms with Crippen LogP contribution >= 0.6 is 0 Å². The quantitative estimate of drug-likeness (QED) is 0.481. The number of aromatic nitrogens is 1. The maximum absolute atomic E-state index is 12.2. The van der Waals surface area contributed by atoms with Crippen LogP contribution in [0.5, 0.6) is 5.75 Å². The number of pyridine rings is 1. The normalized spacial score (nSPS) is 15.1. The zero-order valence-corrected chi connectivity index (χ0v) is 20.2. The van der Waals surface area contributed by atoms with Crippen LogP contribution in [0.2, 0.25) is 0 Å². The Kier molecular flexibility index (Phi) is 6.66. The number of carbonyl (C=O) groups is 1. The van der Waals surface area contributed by atoms with Crippen LogP contribution in [0.3, 0.4) is 0 Å². The molecular weight excluding hydrogens is 444 g/mol. The first-order valence-corrected chi connectivity index (χ1v) is 11.9. The van der Waals surface area contributed by atoms with Crippen LogP contribution in [0.4, 0.5) is 11.5 Å². The van der Waals surface area contributed by atoms with Crippen molar-refractivity contribution in [3.8, 4) is 5.75 Å². The summed E-state index contributed by atoms with van der Waals surface area (Å²) in [4.78, 5) is 16.4. The molecule has 1 aromatic carbocycles. The first-order valence-electron chi connectivity index (χ1n) is 10.4. The van der Waals surface area contributed by atoms with Gasteiger partial charge in [-0.1, -0.05) is 26.8 Å². The van der Waals surface area contributed by atoms with E-state index < -0.39 is 21.2 Å². The molecule has 0 aliphatic carbocycles. The molecule has 3 rings (SSSR count). The van der Waals surface area contributed by atoms with E-state index in [0.717, 1.165) is 5.56 Å². The molecule has 2 aromatic rings. The summed E-state index contributed by atoms with van der Waals surface area (Å²) >= 11 is 0. The largest absolute Gasteiger partial charge is 0.491 e. The van der Waals surface area contributed by atoms with Crippen molar-refractivity contribution in [2.24, 2.45) is 15.5 Å². The highest BCUT2D eigenvalue weighted by atomic mass is 32.2. The molecule has 11 heteroatoms. The number of nitrogens with two attached hydrogens (primary N) is 1. The average molecular weight is 475 g/mol. The van der Waals surface area contributed by atoms with Crippen LogP contribution in [-0.4, -0.2) is 37.3 Å². The lowest BCUT2D eigenvalue weighted by atomic mass is 9.96. The lowest BCUT2D eigenvalue weighted by Crippen LogP contribution is -2.44. The third-order valence-electron chi connectivity index (χ3n) is 4.85. The Morgan fingerprint density at radius 3 is 2.61 bits per heavy atom. The van der Waals surface area contributed by atoms with Gasteiger partial charge in [0.15, 0.2) is 5.84 Å². The minimum Gasteiger partial charge on any atom is -0.491 e. The molecule has 0 saturated carbocycles. The molecule has 0 bridgehead atoms. The van der Waals surface area contributed by atoms with Gasteiger partial charge in [-0.3, -0.25) is 9.52 Å². The number of anilines is 2. The molecule has 2 heterocycles. The Morgan fingerprint density at radius 2 is 1.91 bits per heavy atom. The third-order valence-corrected chi connectivity index (χ3v) is 5.76. The van der Waals surface area contributed by atoms with Gasteiger partial charge in [-0.15, -0.1) is 4.40 Å². The molecule has 1 amide bonds. The number of carbonyl (C=O) groups excluding carboxylic acids is 1. The third kappa shape index (κ3) is 6.42. The van der Waals surface area contributed by atoms with Crippen LogP contribution in [0.1, 0.15) is 45.7 Å². The molecule has 0 atom stereocenters. The van der Waals surface area contributed by atoms with Crippen LogP contribution in [0, 0.1) is 5.41 Å². The maximum atomic E-state index is 12.2. The standard InChI is InChI=1S/C22H30N6O4S/c1-21(2,3)20(29)26-17-11-14(9-10-24-17)12-25-22(4,5)13-32-16-8-6-7-15-18(16)19(23)28-33(30,31)27-15/h6-11,25,27H,12-13H2,1-5H3,(H2,23,28)(H,24,26,29). The van der Waals surface area contributed by atoms with Crippen LogP contribution in [0.25, 0.3) is 0 Å². The molecule has 1 aliphatic heterocycles. The summed E-state index contributed by atoms with van der Waals surface area (Å²) in [7, 11) is -3.85. The summed E-state index contributed by atoms with van der Waals surface area (Å²) in [5.74, 6) is 0.704. The van der Waals surface area contributed by atoms with E-state index in [-0.39, 0.29) is 18.3 Å². The Hall–Kier alpha value is -3.18. The monoisotopic (exact) mass is 474 g/mol. The van der Waals surface area contributed by atoms with E-state index in [1.807, 2.05) is 46.8 Å². The van der Waals surface area contributed by atoms with Crippen molar-refractivity contribution in [1.82, 2.24) is 10.3 Å². The molecule has 10 nitrogen and oxygen atoms in total. The van der Waals surface area contributed by atoms with Crippen LogP contribution in [-0.2, 0) is 21.5 Å². The fourth-order valence-corrected chi connectivity index (χ4v) is 3.79. The summed E-state index contributed by atoms with van der Waals surface area (Å²) in [5.41, 5.74) is 6.60. The molecule has 0 radical (unpaired) electrons. The second kappa shape index (κ2) is 8.99. The van der Waals surface area contributed by atoms with Crippen molar-refractivity contribution in [3.63, 3.8) is 0 Å². The molecular formula is C22H30N6O4S. The van der Waals surface area contributed by atoms with Gasteiger partial charge in [0.25, 0.3) is 0 Å². The average Bonchev–Trinajstić information content (AvgIpc) is 2.69. The van der Waals surface area contributed by atoms with Gasteiger partial charge >= 0.3 is 10.2 Å². The minimum absolute atomic E-state index is 0.106. The van der Waals surface area contributed by atoms with Gasteiger partial charge in [0, 0.05) is 23.7 Å². The summed E-state index contributed by atoms with van der Waals surface area (Å²) in [6, 6.07) is 8.69. The number of nitrogens with zero attached hydrogens (tertiary/aromatic N) is 2. The van der Waals surface area contributed by atoms with Crippen molar-refractivity contribution in [3.05, 3.63) is 47.7 Å². The zero-order valence-electron chi connectivity index (χ0n) is 19.4. The minimum atomic E-state index is -3.85. The van der Waals surface area contributed by atoms with Crippen LogP contribution in [0.15, 0.2) is 40.9 Å². The highest BCUT2D eigenvalue weighted by Crippen LogP contribution is 2.31. The van der Waals surface area contributed by atoms with E-state index in [9.17, 15) is 13.2 Å². The van der Waals surface area contributed by atoms with Gasteiger partial charge in [-0.05, 0) is 43.7 Å². The van der Waals surface area contributed by atoms with Gasteiger partial charge in [-0.25, -0.2) is 4.98 Å². The SMILES string of the molecule is CC(C)(COc1cccc2c1C(N)=NS(=O)(=O)N2)NCc1ccnc(NC(=O)C(C)(C)C)c1. The molecule has 1 aliphatic rings. The maximum Gasteiger partial charge on any atom is 0.344 e. The van der Waals surface area contributed by atoms with Gasteiger partial charge < -0.3 is 21.1 Å². The number of hydrogen-bond acceptors (Lipinski definition) is 7. The molecule has 0 saturated heterocycles. The lowest BCUT2D eigenvalue weighted by molar-refractivity contribution is -0.123. The summed E-state index contributed by atoms with van der Waals surface area (Å²) < 4.78 is 35.3. The highest BCUT2D eigenvalue weighted by molar-refractivity contribution is 7.91. The Balaban J connectivity index is 1.64. The number of fused-ring (bicyclic) bond motifs is 1. The Bertz CT molecular complexity index is 1190. The van der Waals surface area contributed by atoms with Gasteiger partial charge in [0.05, 0.1) is 11.3 Å². The zero-order chi connectivity index (χ0) is 24.4. The van der Waals surface area contributed by atoms with Gasteiger partial charge in [0.2, 0.25) is 5.91 Å². The van der Waals surface area contributed by atoms with E-state index in [1.165, 1.54) is 0 Å². The summed E-state index contributed by atoms with van der Waals surface area (Å²) in [5, 5.41) is 6.25. The van der Waals surface area contributed by atoms with Crippen molar-refractivity contribution < 1.29 is 17.9 Å². The van der Waals surface area contributed by atoms with E-state index in [4.69, 9.17) is 10.5 Å². The van der Waals surface area contributed by atoms with E-state index in [1.54, 1.807) is 24.4 Å². The molecule has 0 fully saturated rings. The van der Waals surface area contributed by atoms with Crippen molar-refractivity contribution in [2.75, 3.05) is 16.6 Å². The van der Waals surface area contributed by atoms with Crippen LogP contribution < -0.4 is 25.8 Å². The van der Waals surface area contributed by atoms with Crippen molar-refractivity contribution >= 4 is 33.5 Å². The highest BCUT2D eigenvalue weighted by Gasteiger charge is 2.26. The molecule has 33 heavy (non-hydrogen) atoms. The van der Waals surface area contributed by atoms with E-state index >= 15 is 0 Å². The van der Waals surface area contributed by atoms with Gasteiger partial charge in [-0.2, -0.15) is 8.42 Å². The molecule has 1 aromatic heterocycles. The number of amides is 1. The van der Waals surface area contributed by atoms with Gasteiger partial charge in [0.1, 0.15) is 18.2 Å². The number of benzene rings is 1. The first kappa shape index (κ1) is 24.5. The Morgan fingerprint density at radius 1 is 1.18 bits per heavy atom. The lowest BCUT2D eigenvalue weighted by Gasteiger charge is -2.28. The second-order valence-corrected chi connectivity index (χ2v) is 10.8. The van der Waals surface area contributed by atoms with E-state index in [0.29, 0.717) is 29.4 Å². The predicted octanol–water partition coefficient (Wildman–Crippen LogP) is 2.39. The second-order valence-electron chi connectivity index (χ2n) is 9.51. The van der Waals surface area contributed by atoms with E-state index in [2.05, 4.69) is 24.7 Å². The molecule has 0 unspecified atom stereocenters. The molecule has 0 spiro atoms. The number of ether oxygens (including phenoxy) is 1.